The van der Waals surface area contributed by atoms with Crippen LogP contribution in [-0.2, 0) is 11.2 Å². The molecule has 0 aliphatic heterocycles. The van der Waals surface area contributed by atoms with Gasteiger partial charge in [0.15, 0.2) is 0 Å². The fourth-order valence-corrected chi connectivity index (χ4v) is 2.83. The minimum absolute atomic E-state index is 0.0740. The Bertz CT molecular complexity index is 979. The number of aryl methyl sites for hydroxylation is 1. The van der Waals surface area contributed by atoms with Crippen molar-refractivity contribution in [2.45, 2.75) is 12.8 Å². The molecule has 0 heterocycles. The molecule has 0 radical (unpaired) electrons. The van der Waals surface area contributed by atoms with Crippen molar-refractivity contribution in [2.75, 3.05) is 5.32 Å². The number of carbonyl (C=O) groups is 2. The van der Waals surface area contributed by atoms with E-state index in [1.54, 1.807) is 12.1 Å². The van der Waals surface area contributed by atoms with E-state index >= 15 is 0 Å². The second-order valence-corrected chi connectivity index (χ2v) is 6.39. The quantitative estimate of drug-likeness (QED) is 0.566. The van der Waals surface area contributed by atoms with Crippen LogP contribution in [0.15, 0.2) is 78.9 Å². The van der Waals surface area contributed by atoms with Gasteiger partial charge in [-0.1, -0.05) is 78.9 Å². The second kappa shape index (κ2) is 9.33. The van der Waals surface area contributed by atoms with Gasteiger partial charge in [0.05, 0.1) is 11.3 Å². The smallest absolute Gasteiger partial charge is 0.337 e. The second-order valence-electron chi connectivity index (χ2n) is 6.39. The normalized spacial score (nSPS) is 10.7. The maximum absolute atomic E-state index is 12.3. The number of carboxylic acids is 1. The van der Waals surface area contributed by atoms with E-state index in [0.29, 0.717) is 12.1 Å². The summed E-state index contributed by atoms with van der Waals surface area (Å²) in [6, 6.07) is 24.4. The van der Waals surface area contributed by atoms with Crippen LogP contribution >= 0.6 is 0 Å². The molecule has 0 bridgehead atoms. The summed E-state index contributed by atoms with van der Waals surface area (Å²) >= 11 is 0. The molecule has 0 saturated heterocycles. The Morgan fingerprint density at radius 2 is 1.46 bits per heavy atom. The summed E-state index contributed by atoms with van der Waals surface area (Å²) < 4.78 is 0. The van der Waals surface area contributed by atoms with E-state index < -0.39 is 5.97 Å². The minimum atomic E-state index is -1.07. The fourth-order valence-electron chi connectivity index (χ4n) is 2.83. The monoisotopic (exact) mass is 371 g/mol. The van der Waals surface area contributed by atoms with Gasteiger partial charge in [-0.25, -0.2) is 4.79 Å². The summed E-state index contributed by atoms with van der Waals surface area (Å²) in [5.74, 6) is -1.28. The predicted octanol–water partition coefficient (Wildman–Crippen LogP) is 5.13. The molecule has 4 nitrogen and oxygen atoms in total. The van der Waals surface area contributed by atoms with Crippen molar-refractivity contribution in [3.8, 4) is 0 Å². The van der Waals surface area contributed by atoms with Gasteiger partial charge in [0.25, 0.3) is 0 Å². The molecule has 3 rings (SSSR count). The van der Waals surface area contributed by atoms with Crippen molar-refractivity contribution in [1.82, 2.24) is 0 Å². The molecule has 3 aromatic carbocycles. The van der Waals surface area contributed by atoms with E-state index in [0.717, 1.165) is 16.7 Å². The van der Waals surface area contributed by atoms with E-state index in [9.17, 15) is 14.7 Å². The largest absolute Gasteiger partial charge is 0.478 e. The molecule has 4 heteroatoms. The van der Waals surface area contributed by atoms with Crippen molar-refractivity contribution in [1.29, 1.82) is 0 Å². The van der Waals surface area contributed by atoms with Gasteiger partial charge in [-0.2, -0.15) is 0 Å². The zero-order chi connectivity index (χ0) is 19.8. The molecule has 0 aromatic heterocycles. The number of nitrogens with one attached hydrogen (secondary N) is 1. The number of hydrogen-bond donors (Lipinski definition) is 2. The number of benzene rings is 3. The molecule has 28 heavy (non-hydrogen) atoms. The van der Waals surface area contributed by atoms with Crippen LogP contribution < -0.4 is 5.32 Å². The van der Waals surface area contributed by atoms with Gasteiger partial charge < -0.3 is 10.4 Å². The first-order valence-corrected chi connectivity index (χ1v) is 9.06. The van der Waals surface area contributed by atoms with Crippen molar-refractivity contribution in [3.63, 3.8) is 0 Å². The van der Waals surface area contributed by atoms with Crippen LogP contribution in [0.25, 0.3) is 12.2 Å². The summed E-state index contributed by atoms with van der Waals surface area (Å²) in [5.41, 5.74) is 3.30. The zero-order valence-electron chi connectivity index (χ0n) is 15.3. The van der Waals surface area contributed by atoms with Gasteiger partial charge in [-0.3, -0.25) is 4.79 Å². The Kier molecular flexibility index (Phi) is 6.37. The number of rotatable bonds is 7. The molecule has 3 aromatic rings. The lowest BCUT2D eigenvalue weighted by Crippen LogP contribution is -2.15. The van der Waals surface area contributed by atoms with Crippen molar-refractivity contribution >= 4 is 29.7 Å². The van der Waals surface area contributed by atoms with E-state index in [2.05, 4.69) is 5.32 Å². The van der Waals surface area contributed by atoms with E-state index in [-0.39, 0.29) is 17.9 Å². The number of carboxylic acid groups (broad SMARTS) is 1. The standard InChI is InChI=1S/C24H21NO3/c26-23(16-14-19-9-5-2-6-10-19)25-22-17-20(13-15-21(22)24(27)28)12-11-18-7-3-1-4-8-18/h1-13,15,17H,14,16H2,(H,25,26)(H,27,28). The number of aromatic carboxylic acids is 1. The number of anilines is 1. The molecule has 2 N–H and O–H groups in total. The maximum atomic E-state index is 12.3. The molecular weight excluding hydrogens is 350 g/mol. The van der Waals surface area contributed by atoms with Crippen LogP contribution in [0.1, 0.15) is 33.5 Å². The summed E-state index contributed by atoms with van der Waals surface area (Å²) in [7, 11) is 0. The van der Waals surface area contributed by atoms with Gasteiger partial charge in [0.2, 0.25) is 5.91 Å². The third-order valence-electron chi connectivity index (χ3n) is 4.30. The highest BCUT2D eigenvalue weighted by molar-refractivity contribution is 6.01. The summed E-state index contributed by atoms with van der Waals surface area (Å²) in [5, 5.41) is 12.2. The van der Waals surface area contributed by atoms with Crippen LogP contribution in [0.3, 0.4) is 0 Å². The van der Waals surface area contributed by atoms with Gasteiger partial charge in [0, 0.05) is 6.42 Å². The van der Waals surface area contributed by atoms with Crippen LogP contribution in [0, 0.1) is 0 Å². The molecule has 140 valence electrons. The number of hydrogen-bond acceptors (Lipinski definition) is 2. The van der Waals surface area contributed by atoms with Crippen molar-refractivity contribution < 1.29 is 14.7 Å². The van der Waals surface area contributed by atoms with Crippen LogP contribution in [0.5, 0.6) is 0 Å². The third-order valence-corrected chi connectivity index (χ3v) is 4.30. The molecule has 0 saturated carbocycles. The first-order valence-electron chi connectivity index (χ1n) is 9.06. The lowest BCUT2D eigenvalue weighted by Gasteiger charge is -2.10. The van der Waals surface area contributed by atoms with Crippen LogP contribution in [0.4, 0.5) is 5.69 Å². The Hall–Kier alpha value is -3.66. The van der Waals surface area contributed by atoms with E-state index in [4.69, 9.17) is 0 Å². The van der Waals surface area contributed by atoms with Gasteiger partial charge >= 0.3 is 5.97 Å². The zero-order valence-corrected chi connectivity index (χ0v) is 15.3. The Morgan fingerprint density at radius 3 is 2.14 bits per heavy atom. The molecular formula is C24H21NO3. The van der Waals surface area contributed by atoms with Gasteiger partial charge in [-0.15, -0.1) is 0 Å². The SMILES string of the molecule is O=C(CCc1ccccc1)Nc1cc(C=Cc2ccccc2)ccc1C(=O)O. The van der Waals surface area contributed by atoms with Gasteiger partial charge in [-0.05, 0) is 35.2 Å². The molecule has 0 fully saturated rings. The molecule has 0 aliphatic rings. The van der Waals surface area contributed by atoms with Gasteiger partial charge in [0.1, 0.15) is 0 Å². The highest BCUT2D eigenvalue weighted by Crippen LogP contribution is 2.20. The first-order chi connectivity index (χ1) is 13.6. The predicted molar refractivity (Wildman–Crippen MR) is 112 cm³/mol. The minimum Gasteiger partial charge on any atom is -0.478 e. The summed E-state index contributed by atoms with van der Waals surface area (Å²) in [6.07, 6.45) is 4.72. The Balaban J connectivity index is 1.73. The summed E-state index contributed by atoms with van der Waals surface area (Å²) in [6.45, 7) is 0. The maximum Gasteiger partial charge on any atom is 0.337 e. The van der Waals surface area contributed by atoms with Crippen molar-refractivity contribution in [3.05, 3.63) is 101 Å². The highest BCUT2D eigenvalue weighted by Gasteiger charge is 2.13. The van der Waals surface area contributed by atoms with Crippen LogP contribution in [-0.4, -0.2) is 17.0 Å². The third kappa shape index (κ3) is 5.42. The molecule has 0 unspecified atom stereocenters. The molecule has 1 amide bonds. The topological polar surface area (TPSA) is 66.4 Å². The van der Waals surface area contributed by atoms with Crippen LogP contribution in [0.2, 0.25) is 0 Å². The number of amides is 1. The van der Waals surface area contributed by atoms with E-state index in [1.165, 1.54) is 6.07 Å². The van der Waals surface area contributed by atoms with E-state index in [1.807, 2.05) is 72.8 Å². The van der Waals surface area contributed by atoms with Crippen molar-refractivity contribution in [2.24, 2.45) is 0 Å². The summed E-state index contributed by atoms with van der Waals surface area (Å²) in [4.78, 5) is 23.8. The average molecular weight is 371 g/mol. The Morgan fingerprint density at radius 1 is 0.821 bits per heavy atom. The fraction of sp³-hybridized carbons (Fsp3) is 0.0833. The molecule has 0 atom stereocenters. The lowest BCUT2D eigenvalue weighted by molar-refractivity contribution is -0.116. The molecule has 0 spiro atoms. The average Bonchev–Trinajstić information content (AvgIpc) is 2.72. The molecule has 0 aliphatic carbocycles. The Labute approximate surface area is 164 Å². The highest BCUT2D eigenvalue weighted by atomic mass is 16.4. The first kappa shape index (κ1) is 19.1. The lowest BCUT2D eigenvalue weighted by atomic mass is 10.1. The number of carbonyl (C=O) groups excluding carboxylic acids is 1.